The van der Waals surface area contributed by atoms with Crippen molar-refractivity contribution >= 4 is 35.0 Å². The number of allylic oxidation sites excluding steroid dienone is 2. The highest BCUT2D eigenvalue weighted by Crippen LogP contribution is 2.16. The molecule has 1 aliphatic carbocycles. The van der Waals surface area contributed by atoms with E-state index in [9.17, 15) is 9.59 Å². The molecule has 0 saturated carbocycles. The minimum absolute atomic E-state index is 0.0851. The molecule has 96 valence electrons. The maximum atomic E-state index is 10.4. The molecule has 0 radical (unpaired) electrons. The third kappa shape index (κ3) is 4.85. The fraction of sp³-hybridized carbons (Fsp3) is 0.250. The van der Waals surface area contributed by atoms with Crippen LogP contribution in [0.4, 0.5) is 0 Å². The first kappa shape index (κ1) is 14.7. The number of hydrogen-bond donors (Lipinski definition) is 1. The maximum Gasteiger partial charge on any atom is 0.356 e. The Hall–Kier alpha value is -1.39. The number of carboxylic acid groups (broad SMARTS) is 1. The number of aromatic nitrogens is 1. The first-order valence-electron chi connectivity index (χ1n) is 5.25. The van der Waals surface area contributed by atoms with Crippen LogP contribution in [-0.4, -0.2) is 21.8 Å². The zero-order chi connectivity index (χ0) is 13.5. The molecule has 18 heavy (non-hydrogen) atoms. The van der Waals surface area contributed by atoms with Gasteiger partial charge in [-0.2, -0.15) is 0 Å². The third-order valence-corrected chi connectivity index (χ3v) is 2.63. The predicted molar refractivity (Wildman–Crippen MR) is 69.2 cm³/mol. The third-order valence-electron chi connectivity index (χ3n) is 2.11. The lowest BCUT2D eigenvalue weighted by molar-refractivity contribution is -0.114. The van der Waals surface area contributed by atoms with Gasteiger partial charge in [0.2, 0.25) is 0 Å². The highest BCUT2D eigenvalue weighted by Gasteiger charge is 2.09. The maximum absolute atomic E-state index is 10.4. The molecular weight excluding hydrogens is 277 g/mol. The quantitative estimate of drug-likeness (QED) is 0.804. The van der Waals surface area contributed by atoms with Crippen molar-refractivity contribution in [2.75, 3.05) is 0 Å². The topological polar surface area (TPSA) is 67.3 Å². The van der Waals surface area contributed by atoms with E-state index in [2.05, 4.69) is 4.98 Å². The SMILES string of the molecule is O=C(O)c1nc(Cl)ccc1Cl.O=C1C=CCCC1. The first-order chi connectivity index (χ1) is 8.50. The highest BCUT2D eigenvalue weighted by atomic mass is 35.5. The molecule has 1 aromatic rings. The largest absolute Gasteiger partial charge is 0.476 e. The van der Waals surface area contributed by atoms with Gasteiger partial charge < -0.3 is 5.11 Å². The number of carboxylic acids is 1. The second kappa shape index (κ2) is 7.13. The Balaban J connectivity index is 0.000000199. The summed E-state index contributed by atoms with van der Waals surface area (Å²) in [5.41, 5.74) is -0.223. The van der Waals surface area contributed by atoms with Crippen LogP contribution >= 0.6 is 23.2 Å². The second-order valence-corrected chi connectivity index (χ2v) is 4.32. The van der Waals surface area contributed by atoms with Crippen molar-refractivity contribution in [1.82, 2.24) is 4.98 Å². The van der Waals surface area contributed by atoms with E-state index in [4.69, 9.17) is 28.3 Å². The normalized spacial score (nSPS) is 13.8. The van der Waals surface area contributed by atoms with Gasteiger partial charge in [-0.25, -0.2) is 9.78 Å². The molecule has 6 heteroatoms. The summed E-state index contributed by atoms with van der Waals surface area (Å²) in [7, 11) is 0. The molecule has 2 rings (SSSR count). The van der Waals surface area contributed by atoms with Crippen molar-refractivity contribution in [2.45, 2.75) is 19.3 Å². The lowest BCUT2D eigenvalue weighted by atomic mass is 10.1. The summed E-state index contributed by atoms with van der Waals surface area (Å²) >= 11 is 10.9. The van der Waals surface area contributed by atoms with Crippen LogP contribution in [0.3, 0.4) is 0 Å². The van der Waals surface area contributed by atoms with E-state index in [-0.39, 0.29) is 21.7 Å². The van der Waals surface area contributed by atoms with Crippen molar-refractivity contribution in [2.24, 2.45) is 0 Å². The van der Waals surface area contributed by atoms with Gasteiger partial charge in [0.05, 0.1) is 5.02 Å². The van der Waals surface area contributed by atoms with Crippen LogP contribution in [0, 0.1) is 0 Å². The van der Waals surface area contributed by atoms with E-state index in [1.165, 1.54) is 12.1 Å². The number of pyridine rings is 1. The van der Waals surface area contributed by atoms with Crippen molar-refractivity contribution in [1.29, 1.82) is 0 Å². The summed E-state index contributed by atoms with van der Waals surface area (Å²) < 4.78 is 0. The second-order valence-electron chi connectivity index (χ2n) is 3.53. The number of rotatable bonds is 1. The lowest BCUT2D eigenvalue weighted by Crippen LogP contribution is -2.00. The molecule has 1 heterocycles. The van der Waals surface area contributed by atoms with Gasteiger partial charge in [0.25, 0.3) is 0 Å². The molecule has 1 N–H and O–H groups in total. The van der Waals surface area contributed by atoms with Crippen molar-refractivity contribution < 1.29 is 14.7 Å². The van der Waals surface area contributed by atoms with Crippen LogP contribution in [0.15, 0.2) is 24.3 Å². The molecule has 1 aliphatic rings. The molecule has 4 nitrogen and oxygen atoms in total. The van der Waals surface area contributed by atoms with Crippen molar-refractivity contribution in [3.63, 3.8) is 0 Å². The van der Waals surface area contributed by atoms with Gasteiger partial charge in [-0.3, -0.25) is 4.79 Å². The molecule has 0 unspecified atom stereocenters. The average Bonchev–Trinajstić information content (AvgIpc) is 2.34. The predicted octanol–water partition coefficient (Wildman–Crippen LogP) is 3.38. The molecular formula is C12H11Cl2NO3. The van der Waals surface area contributed by atoms with Gasteiger partial charge in [-0.1, -0.05) is 29.3 Å². The molecule has 0 amide bonds. The Bertz CT molecular complexity index is 486. The Labute approximate surface area is 114 Å². The zero-order valence-corrected chi connectivity index (χ0v) is 10.9. The number of aromatic carboxylic acids is 1. The van der Waals surface area contributed by atoms with E-state index in [1.54, 1.807) is 6.08 Å². The molecule has 0 fully saturated rings. The number of carbonyl (C=O) groups excluding carboxylic acids is 1. The average molecular weight is 288 g/mol. The van der Waals surface area contributed by atoms with Crippen LogP contribution < -0.4 is 0 Å². The van der Waals surface area contributed by atoms with Gasteiger partial charge >= 0.3 is 5.97 Å². The standard InChI is InChI=1S/C6H3Cl2NO2.C6H8O/c7-3-1-2-4(8)9-5(3)6(10)11;7-6-4-2-1-3-5-6/h1-2H,(H,10,11);2,4H,1,3,5H2. The van der Waals surface area contributed by atoms with Crippen molar-refractivity contribution in [3.8, 4) is 0 Å². The summed E-state index contributed by atoms with van der Waals surface area (Å²) in [6.07, 6.45) is 6.51. The number of halogens is 2. The van der Waals surface area contributed by atoms with Crippen LogP contribution in [0.5, 0.6) is 0 Å². The summed E-state index contributed by atoms with van der Waals surface area (Å²) in [5, 5.41) is 8.69. The summed E-state index contributed by atoms with van der Waals surface area (Å²) in [6.45, 7) is 0. The van der Waals surface area contributed by atoms with Gasteiger partial charge in [0.15, 0.2) is 11.5 Å². The van der Waals surface area contributed by atoms with Crippen LogP contribution in [0.1, 0.15) is 29.8 Å². The monoisotopic (exact) mass is 287 g/mol. The van der Waals surface area contributed by atoms with E-state index in [0.717, 1.165) is 19.3 Å². The summed E-state index contributed by atoms with van der Waals surface area (Å²) in [5.74, 6) is -0.899. The molecule has 0 atom stereocenters. The van der Waals surface area contributed by atoms with E-state index in [1.807, 2.05) is 6.08 Å². The Kier molecular flexibility index (Phi) is 5.82. The van der Waals surface area contributed by atoms with Crippen LogP contribution in [-0.2, 0) is 4.79 Å². The molecule has 0 bridgehead atoms. The number of nitrogens with zero attached hydrogens (tertiary/aromatic N) is 1. The van der Waals surface area contributed by atoms with Gasteiger partial charge in [-0.15, -0.1) is 0 Å². The Morgan fingerprint density at radius 1 is 1.33 bits per heavy atom. The van der Waals surface area contributed by atoms with Crippen molar-refractivity contribution in [3.05, 3.63) is 40.2 Å². The minimum Gasteiger partial charge on any atom is -0.476 e. The highest BCUT2D eigenvalue weighted by molar-refractivity contribution is 6.34. The number of ketones is 1. The first-order valence-corrected chi connectivity index (χ1v) is 6.01. The lowest BCUT2D eigenvalue weighted by Gasteiger charge is -1.97. The van der Waals surface area contributed by atoms with Crippen LogP contribution in [0.25, 0.3) is 0 Å². The van der Waals surface area contributed by atoms with E-state index >= 15 is 0 Å². The van der Waals surface area contributed by atoms with Gasteiger partial charge in [-0.05, 0) is 31.1 Å². The molecule has 0 aromatic carbocycles. The molecule has 0 aliphatic heterocycles. The molecule has 1 aromatic heterocycles. The summed E-state index contributed by atoms with van der Waals surface area (Å²) in [6, 6.07) is 2.82. The fourth-order valence-electron chi connectivity index (χ4n) is 1.26. The Morgan fingerprint density at radius 2 is 2.06 bits per heavy atom. The smallest absolute Gasteiger partial charge is 0.356 e. The van der Waals surface area contributed by atoms with E-state index in [0.29, 0.717) is 0 Å². The zero-order valence-electron chi connectivity index (χ0n) is 9.40. The van der Waals surface area contributed by atoms with Gasteiger partial charge in [0, 0.05) is 6.42 Å². The fourth-order valence-corrected chi connectivity index (χ4v) is 1.59. The molecule has 0 spiro atoms. The molecule has 0 saturated heterocycles. The number of hydrogen-bond acceptors (Lipinski definition) is 3. The summed E-state index contributed by atoms with van der Waals surface area (Å²) in [4.78, 5) is 24.3. The number of carbonyl (C=O) groups is 2. The van der Waals surface area contributed by atoms with E-state index < -0.39 is 5.97 Å². The van der Waals surface area contributed by atoms with Gasteiger partial charge in [0.1, 0.15) is 5.15 Å². The minimum atomic E-state index is -1.18. The van der Waals surface area contributed by atoms with Crippen LogP contribution in [0.2, 0.25) is 10.2 Å². The Morgan fingerprint density at radius 3 is 2.44 bits per heavy atom.